The minimum Gasteiger partial charge on any atom is -0.356 e. The van der Waals surface area contributed by atoms with E-state index in [1.807, 2.05) is 31.2 Å². The topological polar surface area (TPSA) is 66.5 Å². The van der Waals surface area contributed by atoms with E-state index < -0.39 is 0 Å². The van der Waals surface area contributed by atoms with Crippen molar-refractivity contribution in [1.82, 2.24) is 10.2 Å². The standard InChI is InChI=1S/C20H20N2O3/c1-14-6-2-3-7-15(14)10-12-21-18(23)11-13-22-19(24)16-8-4-5-9-17(16)20(22)25/h2-9H,10-13H2,1H3,(H,21,23). The Hall–Kier alpha value is -2.95. The summed E-state index contributed by atoms with van der Waals surface area (Å²) in [7, 11) is 0. The Labute approximate surface area is 146 Å². The summed E-state index contributed by atoms with van der Waals surface area (Å²) in [6.07, 6.45) is 0.866. The van der Waals surface area contributed by atoms with Gasteiger partial charge in [-0.15, -0.1) is 0 Å². The van der Waals surface area contributed by atoms with E-state index in [-0.39, 0.29) is 30.7 Å². The van der Waals surface area contributed by atoms with Gasteiger partial charge in [-0.25, -0.2) is 0 Å². The Morgan fingerprint density at radius 1 is 0.960 bits per heavy atom. The van der Waals surface area contributed by atoms with Crippen LogP contribution in [0.15, 0.2) is 48.5 Å². The van der Waals surface area contributed by atoms with Gasteiger partial charge < -0.3 is 5.32 Å². The number of imide groups is 1. The quantitative estimate of drug-likeness (QED) is 0.824. The summed E-state index contributed by atoms with van der Waals surface area (Å²) < 4.78 is 0. The Kier molecular flexibility index (Phi) is 4.93. The summed E-state index contributed by atoms with van der Waals surface area (Å²) in [6, 6.07) is 14.8. The zero-order chi connectivity index (χ0) is 17.8. The minimum atomic E-state index is -0.326. The highest BCUT2D eigenvalue weighted by atomic mass is 16.2. The number of carbonyl (C=O) groups excluding carboxylic acids is 3. The van der Waals surface area contributed by atoms with Crippen LogP contribution in [-0.4, -0.2) is 35.7 Å². The zero-order valence-corrected chi connectivity index (χ0v) is 14.1. The van der Waals surface area contributed by atoms with Gasteiger partial charge in [0.25, 0.3) is 11.8 Å². The summed E-state index contributed by atoms with van der Waals surface area (Å²) >= 11 is 0. The number of amides is 3. The third-order valence-electron chi connectivity index (χ3n) is 4.42. The second-order valence-corrected chi connectivity index (χ2v) is 6.08. The highest BCUT2D eigenvalue weighted by Gasteiger charge is 2.34. The number of fused-ring (bicyclic) bond motifs is 1. The highest BCUT2D eigenvalue weighted by molar-refractivity contribution is 6.21. The number of carbonyl (C=O) groups is 3. The van der Waals surface area contributed by atoms with Gasteiger partial charge in [-0.05, 0) is 36.6 Å². The third-order valence-corrected chi connectivity index (χ3v) is 4.42. The van der Waals surface area contributed by atoms with E-state index in [0.29, 0.717) is 17.7 Å². The number of hydrogen-bond acceptors (Lipinski definition) is 3. The van der Waals surface area contributed by atoms with E-state index >= 15 is 0 Å². The molecule has 2 aromatic carbocycles. The maximum Gasteiger partial charge on any atom is 0.261 e. The van der Waals surface area contributed by atoms with Crippen molar-refractivity contribution in [2.75, 3.05) is 13.1 Å². The summed E-state index contributed by atoms with van der Waals surface area (Å²) in [5.74, 6) is -0.813. The van der Waals surface area contributed by atoms with Crippen molar-refractivity contribution in [2.24, 2.45) is 0 Å². The van der Waals surface area contributed by atoms with Gasteiger partial charge in [0.2, 0.25) is 5.91 Å². The molecule has 0 spiro atoms. The lowest BCUT2D eigenvalue weighted by Gasteiger charge is -2.13. The van der Waals surface area contributed by atoms with Gasteiger partial charge in [0.15, 0.2) is 0 Å². The van der Waals surface area contributed by atoms with Crippen molar-refractivity contribution >= 4 is 17.7 Å². The number of benzene rings is 2. The van der Waals surface area contributed by atoms with Crippen LogP contribution in [0.2, 0.25) is 0 Å². The lowest BCUT2D eigenvalue weighted by Crippen LogP contribution is -2.35. The van der Waals surface area contributed by atoms with Crippen LogP contribution in [0, 0.1) is 6.92 Å². The van der Waals surface area contributed by atoms with Crippen molar-refractivity contribution in [3.63, 3.8) is 0 Å². The Balaban J connectivity index is 1.48. The molecule has 128 valence electrons. The van der Waals surface area contributed by atoms with E-state index in [9.17, 15) is 14.4 Å². The van der Waals surface area contributed by atoms with E-state index in [4.69, 9.17) is 0 Å². The normalized spacial score (nSPS) is 13.1. The maximum absolute atomic E-state index is 12.2. The third kappa shape index (κ3) is 3.60. The average Bonchev–Trinajstić information content (AvgIpc) is 2.86. The molecule has 5 nitrogen and oxygen atoms in total. The number of nitrogens with zero attached hydrogens (tertiary/aromatic N) is 1. The first-order valence-corrected chi connectivity index (χ1v) is 8.34. The molecule has 3 rings (SSSR count). The number of aryl methyl sites for hydroxylation is 1. The first-order chi connectivity index (χ1) is 12.1. The van der Waals surface area contributed by atoms with E-state index in [1.54, 1.807) is 24.3 Å². The molecule has 1 N–H and O–H groups in total. The Bertz CT molecular complexity index is 794. The van der Waals surface area contributed by atoms with Gasteiger partial charge in [0.1, 0.15) is 0 Å². The molecule has 5 heteroatoms. The summed E-state index contributed by atoms with van der Waals surface area (Å²) in [6.45, 7) is 2.67. The molecule has 0 aliphatic carbocycles. The molecule has 0 radical (unpaired) electrons. The molecule has 2 aromatic rings. The molecule has 0 atom stereocenters. The largest absolute Gasteiger partial charge is 0.356 e. The first kappa shape index (κ1) is 16.9. The molecule has 0 saturated carbocycles. The molecule has 1 aliphatic rings. The lowest BCUT2D eigenvalue weighted by atomic mass is 10.1. The fourth-order valence-electron chi connectivity index (χ4n) is 2.97. The van der Waals surface area contributed by atoms with Crippen LogP contribution in [0.25, 0.3) is 0 Å². The predicted molar refractivity (Wildman–Crippen MR) is 94.3 cm³/mol. The van der Waals surface area contributed by atoms with Gasteiger partial charge in [-0.3, -0.25) is 19.3 Å². The molecule has 3 amide bonds. The molecule has 0 bridgehead atoms. The van der Waals surface area contributed by atoms with Gasteiger partial charge in [-0.1, -0.05) is 36.4 Å². The molecular formula is C20H20N2O3. The van der Waals surface area contributed by atoms with Crippen molar-refractivity contribution in [2.45, 2.75) is 19.8 Å². The van der Waals surface area contributed by atoms with Crippen LogP contribution in [0.3, 0.4) is 0 Å². The smallest absolute Gasteiger partial charge is 0.261 e. The number of rotatable bonds is 6. The van der Waals surface area contributed by atoms with Crippen LogP contribution in [-0.2, 0) is 11.2 Å². The van der Waals surface area contributed by atoms with E-state index in [2.05, 4.69) is 5.32 Å². The Morgan fingerprint density at radius 3 is 2.20 bits per heavy atom. The highest BCUT2D eigenvalue weighted by Crippen LogP contribution is 2.22. The van der Waals surface area contributed by atoms with Crippen molar-refractivity contribution in [3.05, 3.63) is 70.8 Å². The van der Waals surface area contributed by atoms with Gasteiger partial charge >= 0.3 is 0 Å². The molecule has 1 heterocycles. The predicted octanol–water partition coefficient (Wildman–Crippen LogP) is 2.34. The van der Waals surface area contributed by atoms with Crippen LogP contribution in [0.1, 0.15) is 38.3 Å². The number of hydrogen-bond donors (Lipinski definition) is 1. The number of nitrogens with one attached hydrogen (secondary N) is 1. The van der Waals surface area contributed by atoms with Crippen LogP contribution in [0.5, 0.6) is 0 Å². The Morgan fingerprint density at radius 2 is 1.56 bits per heavy atom. The molecule has 0 saturated heterocycles. The van der Waals surface area contributed by atoms with Crippen LogP contribution in [0.4, 0.5) is 0 Å². The van der Waals surface area contributed by atoms with Crippen molar-refractivity contribution < 1.29 is 14.4 Å². The van der Waals surface area contributed by atoms with Gasteiger partial charge in [0.05, 0.1) is 11.1 Å². The lowest BCUT2D eigenvalue weighted by molar-refractivity contribution is -0.121. The fraction of sp³-hybridized carbons (Fsp3) is 0.250. The summed E-state index contributed by atoms with van der Waals surface area (Å²) in [4.78, 5) is 37.6. The molecule has 1 aliphatic heterocycles. The maximum atomic E-state index is 12.2. The van der Waals surface area contributed by atoms with Crippen LogP contribution < -0.4 is 5.32 Å². The molecule has 0 unspecified atom stereocenters. The average molecular weight is 336 g/mol. The second-order valence-electron chi connectivity index (χ2n) is 6.08. The second kappa shape index (κ2) is 7.30. The molecule has 0 aromatic heterocycles. The molecule has 0 fully saturated rings. The molecular weight excluding hydrogens is 316 g/mol. The van der Waals surface area contributed by atoms with E-state index in [1.165, 1.54) is 11.1 Å². The fourth-order valence-corrected chi connectivity index (χ4v) is 2.97. The van der Waals surface area contributed by atoms with Gasteiger partial charge in [0, 0.05) is 19.5 Å². The van der Waals surface area contributed by atoms with Crippen LogP contribution >= 0.6 is 0 Å². The monoisotopic (exact) mass is 336 g/mol. The summed E-state index contributed by atoms with van der Waals surface area (Å²) in [5.41, 5.74) is 3.21. The molecule has 25 heavy (non-hydrogen) atoms. The van der Waals surface area contributed by atoms with Crippen molar-refractivity contribution in [3.8, 4) is 0 Å². The first-order valence-electron chi connectivity index (χ1n) is 8.34. The van der Waals surface area contributed by atoms with Gasteiger partial charge in [-0.2, -0.15) is 0 Å². The van der Waals surface area contributed by atoms with E-state index in [0.717, 1.165) is 11.3 Å². The zero-order valence-electron chi connectivity index (χ0n) is 14.1. The summed E-state index contributed by atoms with van der Waals surface area (Å²) in [5, 5.41) is 2.84. The minimum absolute atomic E-state index is 0.0997. The SMILES string of the molecule is Cc1ccccc1CCNC(=O)CCN1C(=O)c2ccccc2C1=O. The van der Waals surface area contributed by atoms with Crippen molar-refractivity contribution in [1.29, 1.82) is 0 Å².